The number of fused-ring (bicyclic) bond motifs is 5. The molecular formula is C16H14N2O5. The summed E-state index contributed by atoms with van der Waals surface area (Å²) in [5, 5.41) is 0. The molecule has 3 saturated heterocycles. The average molecular weight is 314 g/mol. The van der Waals surface area contributed by atoms with Crippen molar-refractivity contribution >= 4 is 17.5 Å². The van der Waals surface area contributed by atoms with Gasteiger partial charge in [-0.1, -0.05) is 6.08 Å². The Morgan fingerprint density at radius 1 is 1.22 bits per heavy atom. The van der Waals surface area contributed by atoms with Crippen LogP contribution < -0.4 is 4.90 Å². The van der Waals surface area contributed by atoms with E-state index >= 15 is 0 Å². The Morgan fingerprint density at radius 3 is 2.78 bits per heavy atom. The summed E-state index contributed by atoms with van der Waals surface area (Å²) in [6.07, 6.45) is 5.72. The van der Waals surface area contributed by atoms with Crippen molar-refractivity contribution in [2.45, 2.75) is 18.0 Å². The van der Waals surface area contributed by atoms with Crippen molar-refractivity contribution in [2.75, 3.05) is 18.1 Å². The zero-order valence-corrected chi connectivity index (χ0v) is 12.1. The van der Waals surface area contributed by atoms with E-state index in [1.807, 2.05) is 12.2 Å². The molecule has 0 aliphatic carbocycles. The van der Waals surface area contributed by atoms with E-state index in [0.29, 0.717) is 18.9 Å². The minimum absolute atomic E-state index is 0.248. The number of carbonyl (C=O) groups excluding carboxylic acids is 2. The lowest BCUT2D eigenvalue weighted by molar-refractivity contribution is -0.180. The van der Waals surface area contributed by atoms with Gasteiger partial charge in [0.1, 0.15) is 0 Å². The Balaban J connectivity index is 1.58. The van der Waals surface area contributed by atoms with Crippen LogP contribution in [-0.2, 0) is 23.8 Å². The van der Waals surface area contributed by atoms with Crippen LogP contribution in [0.5, 0.6) is 0 Å². The van der Waals surface area contributed by atoms with Crippen LogP contribution in [0.25, 0.3) is 0 Å². The molecule has 0 aromatic carbocycles. The van der Waals surface area contributed by atoms with Gasteiger partial charge < -0.3 is 14.2 Å². The molecule has 7 heteroatoms. The van der Waals surface area contributed by atoms with Crippen LogP contribution in [0.15, 0.2) is 36.7 Å². The van der Waals surface area contributed by atoms with E-state index < -0.39 is 29.8 Å². The highest BCUT2D eigenvalue weighted by atomic mass is 16.7. The molecule has 2 amide bonds. The quantitative estimate of drug-likeness (QED) is 0.576. The standard InChI is InChI=1S/C16H14N2O5/c19-13-11-10-3-4-16(23-10,15-21-6-7-22-15)12(11)14(20)18(13)9-2-1-5-17-8-9/h1-5,8,10-12,15H,6-7H2/t10-,11-,12-,16-/m1/s1. The van der Waals surface area contributed by atoms with Crippen LogP contribution in [-0.4, -0.2) is 48.0 Å². The summed E-state index contributed by atoms with van der Waals surface area (Å²) in [6.45, 7) is 0.917. The molecule has 3 fully saturated rings. The van der Waals surface area contributed by atoms with E-state index in [9.17, 15) is 9.59 Å². The fourth-order valence-corrected chi connectivity index (χ4v) is 4.07. The molecule has 0 radical (unpaired) electrons. The third-order valence-corrected chi connectivity index (χ3v) is 4.97. The summed E-state index contributed by atoms with van der Waals surface area (Å²) in [5.41, 5.74) is -0.519. The molecule has 0 N–H and O–H groups in total. The van der Waals surface area contributed by atoms with Crippen LogP contribution in [0.3, 0.4) is 0 Å². The molecule has 2 bridgehead atoms. The number of hydrogen-bond acceptors (Lipinski definition) is 6. The number of hydrogen-bond donors (Lipinski definition) is 0. The van der Waals surface area contributed by atoms with E-state index in [4.69, 9.17) is 14.2 Å². The molecular weight excluding hydrogens is 300 g/mol. The Labute approximate surface area is 131 Å². The van der Waals surface area contributed by atoms with Gasteiger partial charge in [0, 0.05) is 6.20 Å². The third kappa shape index (κ3) is 1.56. The van der Waals surface area contributed by atoms with Gasteiger partial charge in [0.05, 0.1) is 43.0 Å². The first-order valence-electron chi connectivity index (χ1n) is 7.60. The van der Waals surface area contributed by atoms with Crippen molar-refractivity contribution < 1.29 is 23.8 Å². The lowest BCUT2D eigenvalue weighted by Crippen LogP contribution is -2.49. The summed E-state index contributed by atoms with van der Waals surface area (Å²) < 4.78 is 17.2. The first kappa shape index (κ1) is 13.4. The van der Waals surface area contributed by atoms with E-state index in [1.165, 1.54) is 11.1 Å². The van der Waals surface area contributed by atoms with Crippen molar-refractivity contribution in [2.24, 2.45) is 11.8 Å². The SMILES string of the molecule is O=C1[C@@H]2[C@H]3C=C[C@@](C4OCCO4)(O3)[C@H]2C(=O)N1c1cccnc1. The van der Waals surface area contributed by atoms with Crippen molar-refractivity contribution in [3.05, 3.63) is 36.7 Å². The van der Waals surface area contributed by atoms with Crippen molar-refractivity contribution in [1.82, 2.24) is 4.98 Å². The first-order valence-corrected chi connectivity index (χ1v) is 7.60. The van der Waals surface area contributed by atoms with E-state index in [0.717, 1.165) is 0 Å². The lowest BCUT2D eigenvalue weighted by Gasteiger charge is -2.32. The fraction of sp³-hybridized carbons (Fsp3) is 0.438. The topological polar surface area (TPSA) is 78.0 Å². The summed E-state index contributed by atoms with van der Waals surface area (Å²) in [7, 11) is 0. The fourth-order valence-electron chi connectivity index (χ4n) is 4.07. The zero-order chi connectivity index (χ0) is 15.6. The second kappa shape index (κ2) is 4.47. The molecule has 0 saturated carbocycles. The number of pyridine rings is 1. The monoisotopic (exact) mass is 314 g/mol. The zero-order valence-electron chi connectivity index (χ0n) is 12.1. The molecule has 23 heavy (non-hydrogen) atoms. The minimum Gasteiger partial charge on any atom is -0.357 e. The van der Waals surface area contributed by atoms with E-state index in [1.54, 1.807) is 18.3 Å². The van der Waals surface area contributed by atoms with Gasteiger partial charge in [-0.25, -0.2) is 4.90 Å². The number of imide groups is 1. The molecule has 7 nitrogen and oxygen atoms in total. The maximum Gasteiger partial charge on any atom is 0.241 e. The van der Waals surface area contributed by atoms with Crippen LogP contribution in [0.2, 0.25) is 0 Å². The van der Waals surface area contributed by atoms with Crippen LogP contribution >= 0.6 is 0 Å². The molecule has 1 aromatic heterocycles. The number of ether oxygens (including phenoxy) is 3. The Hall–Kier alpha value is -2.09. The normalized spacial score (nSPS) is 38.8. The van der Waals surface area contributed by atoms with Crippen molar-refractivity contribution in [3.63, 3.8) is 0 Å². The highest BCUT2D eigenvalue weighted by Crippen LogP contribution is 2.54. The Kier molecular flexibility index (Phi) is 2.60. The van der Waals surface area contributed by atoms with Gasteiger partial charge in [-0.15, -0.1) is 0 Å². The van der Waals surface area contributed by atoms with Crippen molar-refractivity contribution in [3.8, 4) is 0 Å². The summed E-state index contributed by atoms with van der Waals surface area (Å²) in [6, 6.07) is 3.40. The van der Waals surface area contributed by atoms with Crippen LogP contribution in [0.1, 0.15) is 0 Å². The maximum atomic E-state index is 13.0. The summed E-state index contributed by atoms with van der Waals surface area (Å²) >= 11 is 0. The van der Waals surface area contributed by atoms with Gasteiger partial charge in [0.25, 0.3) is 0 Å². The Bertz CT molecular complexity index is 714. The number of rotatable bonds is 2. The number of aromatic nitrogens is 1. The summed E-state index contributed by atoms with van der Waals surface area (Å²) in [5.74, 6) is -1.67. The predicted molar refractivity (Wildman–Crippen MR) is 76.1 cm³/mol. The van der Waals surface area contributed by atoms with Gasteiger partial charge in [-0.05, 0) is 18.2 Å². The van der Waals surface area contributed by atoms with Gasteiger partial charge in [-0.3, -0.25) is 14.6 Å². The van der Waals surface area contributed by atoms with Gasteiger partial charge in [0.15, 0.2) is 11.9 Å². The van der Waals surface area contributed by atoms with Gasteiger partial charge >= 0.3 is 0 Å². The third-order valence-electron chi connectivity index (χ3n) is 4.97. The van der Waals surface area contributed by atoms with E-state index in [2.05, 4.69) is 4.98 Å². The van der Waals surface area contributed by atoms with E-state index in [-0.39, 0.29) is 11.8 Å². The molecule has 5 rings (SSSR count). The molecule has 1 aromatic rings. The second-order valence-electron chi connectivity index (χ2n) is 6.10. The molecule has 0 spiro atoms. The maximum absolute atomic E-state index is 13.0. The first-order chi connectivity index (χ1) is 11.2. The number of nitrogens with zero attached hydrogens (tertiary/aromatic N) is 2. The van der Waals surface area contributed by atoms with Crippen LogP contribution in [0.4, 0.5) is 5.69 Å². The minimum atomic E-state index is -1.00. The second-order valence-corrected chi connectivity index (χ2v) is 6.10. The summed E-state index contributed by atoms with van der Waals surface area (Å²) in [4.78, 5) is 31.0. The predicted octanol–water partition coefficient (Wildman–Crippen LogP) is 0.267. The average Bonchev–Trinajstić information content (AvgIpc) is 3.32. The lowest BCUT2D eigenvalue weighted by atomic mass is 9.76. The molecule has 118 valence electrons. The molecule has 4 atom stereocenters. The van der Waals surface area contributed by atoms with Gasteiger partial charge in [0.2, 0.25) is 11.8 Å². The molecule has 0 unspecified atom stereocenters. The highest BCUT2D eigenvalue weighted by Gasteiger charge is 2.71. The highest BCUT2D eigenvalue weighted by molar-refractivity contribution is 6.23. The number of amides is 2. The number of carbonyl (C=O) groups is 2. The molecule has 4 aliphatic heterocycles. The van der Waals surface area contributed by atoms with Crippen molar-refractivity contribution in [1.29, 1.82) is 0 Å². The Morgan fingerprint density at radius 2 is 2.04 bits per heavy atom. The van der Waals surface area contributed by atoms with Crippen LogP contribution in [0, 0.1) is 11.8 Å². The van der Waals surface area contributed by atoms with Gasteiger partial charge in [-0.2, -0.15) is 0 Å². The molecule has 4 aliphatic rings. The smallest absolute Gasteiger partial charge is 0.241 e. The largest absolute Gasteiger partial charge is 0.357 e. The number of anilines is 1. The molecule has 5 heterocycles.